The molecule has 2 aromatic rings. The molecular formula is C20H20O2. The van der Waals surface area contributed by atoms with Crippen molar-refractivity contribution in [2.75, 3.05) is 0 Å². The average Bonchev–Trinajstić information content (AvgIpc) is 2.73. The number of carbonyl (C=O) groups excluding carboxylic acids is 1. The second-order valence-corrected chi connectivity index (χ2v) is 5.96. The zero-order valence-corrected chi connectivity index (χ0v) is 13.0. The van der Waals surface area contributed by atoms with Gasteiger partial charge in [-0.3, -0.25) is 0 Å². The molecule has 0 aromatic heterocycles. The maximum absolute atomic E-state index is 12.1. The SMILES string of the molecule is CC1=C(C)C(Cc2ccccc2)(Cc2ccccc2)OC1=O. The van der Waals surface area contributed by atoms with E-state index in [2.05, 4.69) is 24.3 Å². The summed E-state index contributed by atoms with van der Waals surface area (Å²) in [7, 11) is 0. The number of rotatable bonds is 4. The van der Waals surface area contributed by atoms with Crippen LogP contribution in [0.4, 0.5) is 0 Å². The van der Waals surface area contributed by atoms with Gasteiger partial charge in [0.2, 0.25) is 0 Å². The molecule has 0 N–H and O–H groups in total. The van der Waals surface area contributed by atoms with Crippen LogP contribution in [0.1, 0.15) is 25.0 Å². The molecule has 0 saturated carbocycles. The summed E-state index contributed by atoms with van der Waals surface area (Å²) in [5.74, 6) is -0.190. The molecular weight excluding hydrogens is 272 g/mol. The van der Waals surface area contributed by atoms with Gasteiger partial charge >= 0.3 is 5.97 Å². The summed E-state index contributed by atoms with van der Waals surface area (Å²) in [4.78, 5) is 12.1. The van der Waals surface area contributed by atoms with Crippen LogP contribution in [0.2, 0.25) is 0 Å². The Morgan fingerprint density at radius 2 is 1.27 bits per heavy atom. The summed E-state index contributed by atoms with van der Waals surface area (Å²) in [6.45, 7) is 3.88. The normalized spacial score (nSPS) is 16.7. The van der Waals surface area contributed by atoms with Crippen LogP contribution >= 0.6 is 0 Å². The Labute approximate surface area is 131 Å². The molecule has 2 nitrogen and oxygen atoms in total. The molecule has 112 valence electrons. The highest BCUT2D eigenvalue weighted by Crippen LogP contribution is 2.38. The number of esters is 1. The molecule has 22 heavy (non-hydrogen) atoms. The maximum atomic E-state index is 12.1. The predicted molar refractivity (Wildman–Crippen MR) is 87.5 cm³/mol. The van der Waals surface area contributed by atoms with Crippen molar-refractivity contribution in [1.82, 2.24) is 0 Å². The molecule has 1 aliphatic rings. The van der Waals surface area contributed by atoms with Gasteiger partial charge in [0.25, 0.3) is 0 Å². The third kappa shape index (κ3) is 2.69. The largest absolute Gasteiger partial charge is 0.450 e. The van der Waals surface area contributed by atoms with Crippen molar-refractivity contribution in [3.8, 4) is 0 Å². The summed E-state index contributed by atoms with van der Waals surface area (Å²) >= 11 is 0. The Morgan fingerprint density at radius 1 is 0.818 bits per heavy atom. The molecule has 0 unspecified atom stereocenters. The lowest BCUT2D eigenvalue weighted by Gasteiger charge is -2.30. The first-order valence-electron chi connectivity index (χ1n) is 7.60. The third-order valence-electron chi connectivity index (χ3n) is 4.51. The fraction of sp³-hybridized carbons (Fsp3) is 0.250. The predicted octanol–water partition coefficient (Wildman–Crippen LogP) is 4.10. The molecule has 0 saturated heterocycles. The van der Waals surface area contributed by atoms with E-state index in [9.17, 15) is 4.79 Å². The van der Waals surface area contributed by atoms with Crippen molar-refractivity contribution >= 4 is 5.97 Å². The Bertz CT molecular complexity index is 658. The summed E-state index contributed by atoms with van der Waals surface area (Å²) < 4.78 is 5.87. The van der Waals surface area contributed by atoms with E-state index in [-0.39, 0.29) is 5.97 Å². The van der Waals surface area contributed by atoms with Crippen LogP contribution in [-0.4, -0.2) is 11.6 Å². The smallest absolute Gasteiger partial charge is 0.334 e. The lowest BCUT2D eigenvalue weighted by molar-refractivity contribution is -0.146. The monoisotopic (exact) mass is 292 g/mol. The van der Waals surface area contributed by atoms with Crippen LogP contribution in [0.15, 0.2) is 71.8 Å². The van der Waals surface area contributed by atoms with Crippen LogP contribution in [-0.2, 0) is 22.4 Å². The number of ether oxygens (including phenoxy) is 1. The highest BCUT2D eigenvalue weighted by Gasteiger charge is 2.43. The fourth-order valence-electron chi connectivity index (χ4n) is 3.08. The van der Waals surface area contributed by atoms with Crippen LogP contribution < -0.4 is 0 Å². The van der Waals surface area contributed by atoms with Gasteiger partial charge in [0.1, 0.15) is 5.60 Å². The van der Waals surface area contributed by atoms with Gasteiger partial charge in [0.05, 0.1) is 0 Å². The van der Waals surface area contributed by atoms with Crippen molar-refractivity contribution < 1.29 is 9.53 Å². The van der Waals surface area contributed by atoms with Gasteiger partial charge in [-0.2, -0.15) is 0 Å². The van der Waals surface area contributed by atoms with E-state index in [0.717, 1.165) is 11.1 Å². The standard InChI is InChI=1S/C20H20O2/c1-15-16(2)20(22-19(15)21,13-17-9-5-3-6-10-17)14-18-11-7-4-8-12-18/h3-12H,13-14H2,1-2H3. The zero-order chi connectivity index (χ0) is 15.6. The number of cyclic esters (lactones) is 1. The first-order chi connectivity index (χ1) is 10.6. The number of benzene rings is 2. The van der Waals surface area contributed by atoms with Gasteiger partial charge in [0, 0.05) is 18.4 Å². The van der Waals surface area contributed by atoms with Crippen molar-refractivity contribution in [1.29, 1.82) is 0 Å². The number of hydrogen-bond acceptors (Lipinski definition) is 2. The lowest BCUT2D eigenvalue weighted by Crippen LogP contribution is -2.36. The third-order valence-corrected chi connectivity index (χ3v) is 4.51. The minimum absolute atomic E-state index is 0.190. The van der Waals surface area contributed by atoms with Crippen LogP contribution in [0.3, 0.4) is 0 Å². The van der Waals surface area contributed by atoms with E-state index >= 15 is 0 Å². The molecule has 1 aliphatic heterocycles. The summed E-state index contributed by atoms with van der Waals surface area (Å²) in [5.41, 5.74) is 3.58. The average molecular weight is 292 g/mol. The first kappa shape index (κ1) is 14.6. The molecule has 0 fully saturated rings. The van der Waals surface area contributed by atoms with E-state index in [1.165, 1.54) is 11.1 Å². The van der Waals surface area contributed by atoms with Gasteiger partial charge in [-0.05, 0) is 30.5 Å². The van der Waals surface area contributed by atoms with E-state index in [0.29, 0.717) is 12.8 Å². The van der Waals surface area contributed by atoms with E-state index < -0.39 is 5.60 Å². The topological polar surface area (TPSA) is 26.3 Å². The van der Waals surface area contributed by atoms with Crippen LogP contribution in [0, 0.1) is 0 Å². The lowest BCUT2D eigenvalue weighted by atomic mass is 9.82. The Kier molecular flexibility index (Phi) is 3.84. The quantitative estimate of drug-likeness (QED) is 0.793. The van der Waals surface area contributed by atoms with Gasteiger partial charge in [-0.1, -0.05) is 60.7 Å². The first-order valence-corrected chi connectivity index (χ1v) is 7.60. The van der Waals surface area contributed by atoms with E-state index in [4.69, 9.17) is 4.74 Å². The molecule has 0 radical (unpaired) electrons. The highest BCUT2D eigenvalue weighted by molar-refractivity contribution is 5.92. The van der Waals surface area contributed by atoms with Crippen LogP contribution in [0.5, 0.6) is 0 Å². The second kappa shape index (κ2) is 5.80. The van der Waals surface area contributed by atoms with E-state index in [1.54, 1.807) is 0 Å². The van der Waals surface area contributed by atoms with Gasteiger partial charge in [-0.25, -0.2) is 4.79 Å². The van der Waals surface area contributed by atoms with Crippen molar-refractivity contribution in [3.63, 3.8) is 0 Å². The van der Waals surface area contributed by atoms with Crippen LogP contribution in [0.25, 0.3) is 0 Å². The zero-order valence-electron chi connectivity index (χ0n) is 13.0. The van der Waals surface area contributed by atoms with Gasteiger partial charge < -0.3 is 4.74 Å². The molecule has 0 spiro atoms. The Morgan fingerprint density at radius 3 is 1.64 bits per heavy atom. The molecule has 0 amide bonds. The van der Waals surface area contributed by atoms with Crippen molar-refractivity contribution in [2.24, 2.45) is 0 Å². The summed E-state index contributed by atoms with van der Waals surface area (Å²) in [6, 6.07) is 20.4. The van der Waals surface area contributed by atoms with Gasteiger partial charge in [-0.15, -0.1) is 0 Å². The molecule has 1 heterocycles. The highest BCUT2D eigenvalue weighted by atomic mass is 16.6. The summed E-state index contributed by atoms with van der Waals surface area (Å²) in [6.07, 6.45) is 1.41. The summed E-state index contributed by atoms with van der Waals surface area (Å²) in [5, 5.41) is 0. The minimum atomic E-state index is -0.566. The Balaban J connectivity index is 1.98. The molecule has 2 heteroatoms. The van der Waals surface area contributed by atoms with Gasteiger partial charge in [0.15, 0.2) is 0 Å². The van der Waals surface area contributed by atoms with Crippen molar-refractivity contribution in [3.05, 3.63) is 82.9 Å². The number of carbonyl (C=O) groups is 1. The number of hydrogen-bond donors (Lipinski definition) is 0. The molecule has 2 aromatic carbocycles. The van der Waals surface area contributed by atoms with E-state index in [1.807, 2.05) is 50.2 Å². The molecule has 0 bridgehead atoms. The fourth-order valence-corrected chi connectivity index (χ4v) is 3.08. The maximum Gasteiger partial charge on any atom is 0.334 e. The Hall–Kier alpha value is -2.35. The second-order valence-electron chi connectivity index (χ2n) is 5.96. The molecule has 0 atom stereocenters. The molecule has 0 aliphatic carbocycles. The van der Waals surface area contributed by atoms with Crippen molar-refractivity contribution in [2.45, 2.75) is 32.3 Å². The molecule has 3 rings (SSSR count). The minimum Gasteiger partial charge on any atom is -0.450 e.